The molecule has 0 aromatic heterocycles. The van der Waals surface area contributed by atoms with E-state index >= 15 is 0 Å². The van der Waals surface area contributed by atoms with Crippen LogP contribution in [0, 0.1) is 0 Å². The van der Waals surface area contributed by atoms with Crippen LogP contribution in [0.5, 0.6) is 5.75 Å². The average Bonchev–Trinajstić information content (AvgIpc) is 2.68. The molecule has 2 aromatic carbocycles. The lowest BCUT2D eigenvalue weighted by molar-refractivity contribution is -0.137. The maximum Gasteiger partial charge on any atom is 0.416 e. The van der Waals surface area contributed by atoms with Crippen molar-refractivity contribution in [2.75, 3.05) is 39.7 Å². The molecule has 30 heavy (non-hydrogen) atoms. The van der Waals surface area contributed by atoms with E-state index in [1.807, 2.05) is 0 Å². The van der Waals surface area contributed by atoms with Crippen molar-refractivity contribution in [3.8, 4) is 5.75 Å². The third-order valence-corrected chi connectivity index (χ3v) is 5.79. The lowest BCUT2D eigenvalue weighted by Gasteiger charge is -2.16. The highest BCUT2D eigenvalue weighted by Crippen LogP contribution is 2.35. The summed E-state index contributed by atoms with van der Waals surface area (Å²) >= 11 is 0. The molecular formula is C19H21F3N2O5S. The van der Waals surface area contributed by atoms with Crippen molar-refractivity contribution in [3.63, 3.8) is 0 Å². The fourth-order valence-corrected chi connectivity index (χ4v) is 3.32. The Kier molecular flexibility index (Phi) is 7.45. The molecule has 0 saturated carbocycles. The molecule has 0 radical (unpaired) electrons. The van der Waals surface area contributed by atoms with Crippen LogP contribution in [0.1, 0.15) is 15.9 Å². The summed E-state index contributed by atoms with van der Waals surface area (Å²) in [5, 5.41) is 2.36. The second-order valence-electron chi connectivity index (χ2n) is 6.32. The molecule has 0 spiro atoms. The molecule has 164 valence electrons. The van der Waals surface area contributed by atoms with E-state index < -0.39 is 27.7 Å². The van der Waals surface area contributed by atoms with Crippen molar-refractivity contribution in [1.82, 2.24) is 4.31 Å². The number of carbonyl (C=O) groups is 1. The van der Waals surface area contributed by atoms with Gasteiger partial charge in [0.25, 0.3) is 5.91 Å². The van der Waals surface area contributed by atoms with E-state index in [9.17, 15) is 26.4 Å². The molecular weight excluding hydrogens is 425 g/mol. The number of sulfonamides is 1. The summed E-state index contributed by atoms with van der Waals surface area (Å²) in [5.41, 5.74) is -1.22. The Bertz CT molecular complexity index is 1010. The van der Waals surface area contributed by atoms with Gasteiger partial charge in [-0.3, -0.25) is 4.79 Å². The van der Waals surface area contributed by atoms with E-state index in [2.05, 4.69) is 5.32 Å². The number of hydrogen-bond acceptors (Lipinski definition) is 5. The minimum Gasteiger partial charge on any atom is -0.489 e. The van der Waals surface area contributed by atoms with Gasteiger partial charge in [-0.1, -0.05) is 6.07 Å². The monoisotopic (exact) mass is 446 g/mol. The molecule has 0 unspecified atom stereocenters. The maximum absolute atomic E-state index is 13.1. The molecule has 0 saturated heterocycles. The van der Waals surface area contributed by atoms with E-state index in [0.717, 1.165) is 28.6 Å². The number of amides is 1. The SMILES string of the molecule is COCCOc1ccc(C(F)(F)F)cc1NC(=O)c1cccc(S(=O)(=O)N(C)C)c1. The first kappa shape index (κ1) is 23.6. The highest BCUT2D eigenvalue weighted by molar-refractivity contribution is 7.89. The minimum absolute atomic E-state index is 0.0190. The number of halogens is 3. The van der Waals surface area contributed by atoms with Crippen molar-refractivity contribution in [3.05, 3.63) is 53.6 Å². The van der Waals surface area contributed by atoms with Crippen LogP contribution < -0.4 is 10.1 Å². The van der Waals surface area contributed by atoms with Crippen LogP contribution in [0.2, 0.25) is 0 Å². The van der Waals surface area contributed by atoms with Crippen LogP contribution in [0.25, 0.3) is 0 Å². The average molecular weight is 446 g/mol. The quantitative estimate of drug-likeness (QED) is 0.630. The summed E-state index contributed by atoms with van der Waals surface area (Å²) in [6.45, 7) is 0.250. The number of nitrogens with zero attached hydrogens (tertiary/aromatic N) is 1. The van der Waals surface area contributed by atoms with Crippen LogP contribution >= 0.6 is 0 Å². The third-order valence-electron chi connectivity index (χ3n) is 3.97. The number of rotatable bonds is 8. The van der Waals surface area contributed by atoms with Crippen LogP contribution in [0.15, 0.2) is 47.4 Å². The van der Waals surface area contributed by atoms with E-state index in [1.54, 1.807) is 0 Å². The Morgan fingerprint density at radius 1 is 1.10 bits per heavy atom. The van der Waals surface area contributed by atoms with E-state index in [1.165, 1.54) is 39.4 Å². The van der Waals surface area contributed by atoms with E-state index in [4.69, 9.17) is 9.47 Å². The van der Waals surface area contributed by atoms with E-state index in [0.29, 0.717) is 0 Å². The molecule has 0 fully saturated rings. The minimum atomic E-state index is -4.62. The summed E-state index contributed by atoms with van der Waals surface area (Å²) < 4.78 is 75.0. The summed E-state index contributed by atoms with van der Waals surface area (Å²) in [5.74, 6) is -0.771. The first-order valence-electron chi connectivity index (χ1n) is 8.63. The molecule has 2 rings (SSSR count). The fourth-order valence-electron chi connectivity index (χ4n) is 2.37. The largest absolute Gasteiger partial charge is 0.489 e. The van der Waals surface area contributed by atoms with Gasteiger partial charge in [0.15, 0.2) is 0 Å². The lowest BCUT2D eigenvalue weighted by atomic mass is 10.1. The number of hydrogen-bond donors (Lipinski definition) is 1. The molecule has 0 aliphatic rings. The summed E-state index contributed by atoms with van der Waals surface area (Å²) in [6, 6.07) is 7.86. The normalized spacial score (nSPS) is 12.1. The highest BCUT2D eigenvalue weighted by atomic mass is 32.2. The van der Waals surface area contributed by atoms with Crippen molar-refractivity contribution in [2.45, 2.75) is 11.1 Å². The zero-order valence-electron chi connectivity index (χ0n) is 16.5. The Hall–Kier alpha value is -2.63. The van der Waals surface area contributed by atoms with Crippen LogP contribution in [-0.2, 0) is 20.9 Å². The summed E-state index contributed by atoms with van der Waals surface area (Å²) in [4.78, 5) is 12.5. The van der Waals surface area contributed by atoms with Gasteiger partial charge in [-0.05, 0) is 36.4 Å². The molecule has 2 aromatic rings. The van der Waals surface area contributed by atoms with Crippen molar-refractivity contribution in [2.24, 2.45) is 0 Å². The van der Waals surface area contributed by atoms with Gasteiger partial charge < -0.3 is 14.8 Å². The molecule has 0 atom stereocenters. The molecule has 0 aliphatic carbocycles. The Morgan fingerprint density at radius 3 is 2.40 bits per heavy atom. The Morgan fingerprint density at radius 2 is 1.80 bits per heavy atom. The number of nitrogens with one attached hydrogen (secondary N) is 1. The van der Waals surface area contributed by atoms with Crippen molar-refractivity contribution in [1.29, 1.82) is 0 Å². The maximum atomic E-state index is 13.1. The van der Waals surface area contributed by atoms with Gasteiger partial charge in [-0.2, -0.15) is 13.2 Å². The smallest absolute Gasteiger partial charge is 0.416 e. The molecule has 11 heteroatoms. The first-order chi connectivity index (χ1) is 14.0. The molecule has 0 aliphatic heterocycles. The predicted molar refractivity (Wildman–Crippen MR) is 104 cm³/mol. The van der Waals surface area contributed by atoms with Gasteiger partial charge in [-0.25, -0.2) is 12.7 Å². The number of carbonyl (C=O) groups excluding carboxylic acids is 1. The standard InChI is InChI=1S/C19H21F3N2O5S/c1-24(2)30(26,27)15-6-4-5-13(11-15)18(25)23-16-12-14(19(20,21)22)7-8-17(16)29-10-9-28-3/h4-8,11-12H,9-10H2,1-3H3,(H,23,25). The van der Waals surface area contributed by atoms with Crippen molar-refractivity contribution >= 4 is 21.6 Å². The Balaban J connectivity index is 2.37. The zero-order chi connectivity index (χ0) is 22.5. The van der Waals surface area contributed by atoms with Crippen molar-refractivity contribution < 1.29 is 35.9 Å². The number of ether oxygens (including phenoxy) is 2. The topological polar surface area (TPSA) is 84.9 Å². The van der Waals surface area contributed by atoms with Crippen LogP contribution in [0.3, 0.4) is 0 Å². The number of benzene rings is 2. The highest BCUT2D eigenvalue weighted by Gasteiger charge is 2.31. The second-order valence-corrected chi connectivity index (χ2v) is 8.47. The van der Waals surface area contributed by atoms with Crippen LogP contribution in [0.4, 0.5) is 18.9 Å². The second kappa shape index (κ2) is 9.45. The molecule has 1 N–H and O–H groups in total. The van der Waals surface area contributed by atoms with Gasteiger partial charge in [0, 0.05) is 26.8 Å². The van der Waals surface area contributed by atoms with Crippen LogP contribution in [-0.4, -0.2) is 53.0 Å². The first-order valence-corrected chi connectivity index (χ1v) is 10.1. The zero-order valence-corrected chi connectivity index (χ0v) is 17.3. The fraction of sp³-hybridized carbons (Fsp3) is 0.316. The molecule has 0 heterocycles. The summed E-state index contributed by atoms with van der Waals surface area (Å²) in [6.07, 6.45) is -4.62. The Labute approximate surface area is 172 Å². The van der Waals surface area contributed by atoms with E-state index in [-0.39, 0.29) is 35.1 Å². The number of methoxy groups -OCH3 is 1. The number of alkyl halides is 3. The van der Waals surface area contributed by atoms with Gasteiger partial charge in [0.05, 0.1) is 22.8 Å². The van der Waals surface area contributed by atoms with Gasteiger partial charge in [0.2, 0.25) is 10.0 Å². The molecule has 0 bridgehead atoms. The molecule has 7 nitrogen and oxygen atoms in total. The molecule has 1 amide bonds. The summed E-state index contributed by atoms with van der Waals surface area (Å²) in [7, 11) is 0.332. The van der Waals surface area contributed by atoms with Gasteiger partial charge in [-0.15, -0.1) is 0 Å². The predicted octanol–water partition coefficient (Wildman–Crippen LogP) is 3.23. The lowest BCUT2D eigenvalue weighted by Crippen LogP contribution is -2.23. The third kappa shape index (κ3) is 5.71. The van der Waals surface area contributed by atoms with Gasteiger partial charge in [0.1, 0.15) is 12.4 Å². The van der Waals surface area contributed by atoms with Gasteiger partial charge >= 0.3 is 6.18 Å². The number of anilines is 1.